The van der Waals surface area contributed by atoms with E-state index in [0.717, 1.165) is 17.3 Å². The molecular weight excluding hydrogens is 280 g/mol. The summed E-state index contributed by atoms with van der Waals surface area (Å²) in [6.07, 6.45) is 2.34. The van der Waals surface area contributed by atoms with Crippen molar-refractivity contribution in [2.24, 2.45) is 11.7 Å². The second-order valence-electron chi connectivity index (χ2n) is 5.28. The first kappa shape index (κ1) is 15.8. The standard InChI is InChI=1S/C16H20N4O2/c1-3-10(2)14(20-16(17)22)15(21)19-12-8-11-6-4-5-7-13(11)18-9-12/h4-10,14H,3H2,1-2H3,(H,19,21)(H3,17,20,22)/t10-,14-/m0/s1. The number of primary amides is 1. The third kappa shape index (κ3) is 3.72. The molecule has 1 heterocycles. The molecule has 6 heteroatoms. The Kier molecular flexibility index (Phi) is 4.93. The summed E-state index contributed by atoms with van der Waals surface area (Å²) in [5, 5.41) is 6.21. The van der Waals surface area contributed by atoms with Crippen LogP contribution in [0.5, 0.6) is 0 Å². The fourth-order valence-electron chi connectivity index (χ4n) is 2.21. The van der Waals surface area contributed by atoms with Gasteiger partial charge in [0, 0.05) is 5.39 Å². The maximum absolute atomic E-state index is 12.4. The van der Waals surface area contributed by atoms with Crippen LogP contribution in [-0.2, 0) is 4.79 Å². The van der Waals surface area contributed by atoms with Crippen LogP contribution in [0.2, 0.25) is 0 Å². The van der Waals surface area contributed by atoms with Crippen molar-refractivity contribution in [3.8, 4) is 0 Å². The molecule has 116 valence electrons. The molecule has 4 N–H and O–H groups in total. The van der Waals surface area contributed by atoms with Crippen LogP contribution in [0.1, 0.15) is 20.3 Å². The molecule has 6 nitrogen and oxygen atoms in total. The second kappa shape index (κ2) is 6.89. The number of hydrogen-bond donors (Lipinski definition) is 3. The number of urea groups is 1. The zero-order chi connectivity index (χ0) is 16.1. The first-order chi connectivity index (χ1) is 10.5. The lowest BCUT2D eigenvalue weighted by molar-refractivity contribution is -0.119. The highest BCUT2D eigenvalue weighted by Crippen LogP contribution is 2.17. The monoisotopic (exact) mass is 300 g/mol. The number of rotatable bonds is 5. The largest absolute Gasteiger partial charge is 0.352 e. The molecule has 0 saturated heterocycles. The number of para-hydroxylation sites is 1. The van der Waals surface area contributed by atoms with Crippen molar-refractivity contribution in [2.75, 3.05) is 5.32 Å². The average molecular weight is 300 g/mol. The zero-order valence-electron chi connectivity index (χ0n) is 12.7. The van der Waals surface area contributed by atoms with Crippen LogP contribution in [0.4, 0.5) is 10.5 Å². The summed E-state index contributed by atoms with van der Waals surface area (Å²) in [4.78, 5) is 27.7. The van der Waals surface area contributed by atoms with Gasteiger partial charge in [-0.2, -0.15) is 0 Å². The normalized spacial score (nSPS) is 13.4. The number of pyridine rings is 1. The van der Waals surface area contributed by atoms with E-state index in [-0.39, 0.29) is 11.8 Å². The third-order valence-corrected chi connectivity index (χ3v) is 3.65. The quantitative estimate of drug-likeness (QED) is 0.790. The fourth-order valence-corrected chi connectivity index (χ4v) is 2.21. The first-order valence-corrected chi connectivity index (χ1v) is 7.23. The maximum atomic E-state index is 12.4. The van der Waals surface area contributed by atoms with Gasteiger partial charge >= 0.3 is 6.03 Å². The molecular formula is C16H20N4O2. The lowest BCUT2D eigenvalue weighted by atomic mass is 9.98. The predicted octanol–water partition coefficient (Wildman–Crippen LogP) is 2.26. The van der Waals surface area contributed by atoms with E-state index in [1.54, 1.807) is 6.20 Å². The Bertz CT molecular complexity index is 687. The van der Waals surface area contributed by atoms with E-state index in [4.69, 9.17) is 5.73 Å². The van der Waals surface area contributed by atoms with Crippen molar-refractivity contribution < 1.29 is 9.59 Å². The zero-order valence-corrected chi connectivity index (χ0v) is 12.7. The van der Waals surface area contributed by atoms with Gasteiger partial charge in [-0.25, -0.2) is 4.79 Å². The minimum Gasteiger partial charge on any atom is -0.352 e. The van der Waals surface area contributed by atoms with Gasteiger partial charge in [0.25, 0.3) is 0 Å². The lowest BCUT2D eigenvalue weighted by Crippen LogP contribution is -2.49. The topological polar surface area (TPSA) is 97.1 Å². The summed E-state index contributed by atoms with van der Waals surface area (Å²) in [7, 11) is 0. The number of anilines is 1. The highest BCUT2D eigenvalue weighted by Gasteiger charge is 2.25. The van der Waals surface area contributed by atoms with E-state index in [1.807, 2.05) is 44.2 Å². The first-order valence-electron chi connectivity index (χ1n) is 7.23. The summed E-state index contributed by atoms with van der Waals surface area (Å²) in [5.74, 6) is -0.328. The van der Waals surface area contributed by atoms with Crippen LogP contribution in [0.25, 0.3) is 10.9 Å². The van der Waals surface area contributed by atoms with Gasteiger partial charge in [0.1, 0.15) is 6.04 Å². The van der Waals surface area contributed by atoms with Gasteiger partial charge in [0.2, 0.25) is 5.91 Å². The molecule has 0 aliphatic heterocycles. The molecule has 0 aliphatic rings. The molecule has 3 amide bonds. The van der Waals surface area contributed by atoms with Gasteiger partial charge < -0.3 is 16.4 Å². The molecule has 0 spiro atoms. The number of hydrogen-bond acceptors (Lipinski definition) is 3. The molecule has 0 fully saturated rings. The number of nitrogens with zero attached hydrogens (tertiary/aromatic N) is 1. The molecule has 0 radical (unpaired) electrons. The van der Waals surface area contributed by atoms with Crippen molar-refractivity contribution in [1.82, 2.24) is 10.3 Å². The molecule has 2 rings (SSSR count). The van der Waals surface area contributed by atoms with Crippen LogP contribution >= 0.6 is 0 Å². The van der Waals surface area contributed by atoms with Crippen LogP contribution in [0, 0.1) is 5.92 Å². The number of fused-ring (bicyclic) bond motifs is 1. The molecule has 0 aliphatic carbocycles. The number of nitrogens with one attached hydrogen (secondary N) is 2. The summed E-state index contributed by atoms with van der Waals surface area (Å²) in [5.41, 5.74) is 6.59. The average Bonchev–Trinajstić information content (AvgIpc) is 2.51. The van der Waals surface area contributed by atoms with Crippen LogP contribution < -0.4 is 16.4 Å². The summed E-state index contributed by atoms with van der Waals surface area (Å²) < 4.78 is 0. The lowest BCUT2D eigenvalue weighted by Gasteiger charge is -2.22. The highest BCUT2D eigenvalue weighted by atomic mass is 16.2. The highest BCUT2D eigenvalue weighted by molar-refractivity contribution is 5.98. The van der Waals surface area contributed by atoms with Gasteiger partial charge in [-0.3, -0.25) is 9.78 Å². The van der Waals surface area contributed by atoms with Gasteiger partial charge in [0.05, 0.1) is 17.4 Å². The third-order valence-electron chi connectivity index (χ3n) is 3.65. The smallest absolute Gasteiger partial charge is 0.312 e. The Morgan fingerprint density at radius 3 is 2.73 bits per heavy atom. The number of benzene rings is 1. The maximum Gasteiger partial charge on any atom is 0.312 e. The molecule has 0 unspecified atom stereocenters. The SMILES string of the molecule is CC[C@H](C)[C@H](NC(N)=O)C(=O)Nc1cnc2ccccc2c1. The van der Waals surface area contributed by atoms with Gasteiger partial charge in [0.15, 0.2) is 0 Å². The number of amides is 3. The van der Waals surface area contributed by atoms with E-state index in [9.17, 15) is 9.59 Å². The van der Waals surface area contributed by atoms with Crippen LogP contribution in [0.15, 0.2) is 36.5 Å². The van der Waals surface area contributed by atoms with Crippen LogP contribution in [-0.4, -0.2) is 23.0 Å². The van der Waals surface area contributed by atoms with Crippen molar-refractivity contribution in [1.29, 1.82) is 0 Å². The van der Waals surface area contributed by atoms with Crippen molar-refractivity contribution in [3.63, 3.8) is 0 Å². The molecule has 1 aromatic heterocycles. The molecule has 22 heavy (non-hydrogen) atoms. The van der Waals surface area contributed by atoms with E-state index in [2.05, 4.69) is 15.6 Å². The Morgan fingerprint density at radius 2 is 2.05 bits per heavy atom. The molecule has 0 saturated carbocycles. The molecule has 2 aromatic rings. The molecule has 2 atom stereocenters. The Hall–Kier alpha value is -2.63. The summed E-state index contributed by atoms with van der Waals surface area (Å²) in [6, 6.07) is 8.10. The summed E-state index contributed by atoms with van der Waals surface area (Å²) >= 11 is 0. The van der Waals surface area contributed by atoms with Crippen molar-refractivity contribution >= 4 is 28.5 Å². The van der Waals surface area contributed by atoms with Gasteiger partial charge in [-0.05, 0) is 18.1 Å². The number of carbonyl (C=O) groups is 2. The number of nitrogens with two attached hydrogens (primary N) is 1. The van der Waals surface area contributed by atoms with Gasteiger partial charge in [-0.15, -0.1) is 0 Å². The summed E-state index contributed by atoms with van der Waals surface area (Å²) in [6.45, 7) is 3.84. The minimum atomic E-state index is -0.711. The van der Waals surface area contributed by atoms with E-state index in [1.165, 1.54) is 0 Å². The second-order valence-corrected chi connectivity index (χ2v) is 5.28. The molecule has 0 bridgehead atoms. The fraction of sp³-hybridized carbons (Fsp3) is 0.312. The predicted molar refractivity (Wildman–Crippen MR) is 86.3 cm³/mol. The van der Waals surface area contributed by atoms with Crippen LogP contribution in [0.3, 0.4) is 0 Å². The van der Waals surface area contributed by atoms with E-state index in [0.29, 0.717) is 5.69 Å². The Balaban J connectivity index is 2.18. The number of aromatic nitrogens is 1. The number of carbonyl (C=O) groups excluding carboxylic acids is 2. The Morgan fingerprint density at radius 1 is 1.32 bits per heavy atom. The van der Waals surface area contributed by atoms with Gasteiger partial charge in [-0.1, -0.05) is 38.5 Å². The van der Waals surface area contributed by atoms with E-state index < -0.39 is 12.1 Å². The van der Waals surface area contributed by atoms with Crippen molar-refractivity contribution in [2.45, 2.75) is 26.3 Å². The van der Waals surface area contributed by atoms with Crippen molar-refractivity contribution in [3.05, 3.63) is 36.5 Å². The minimum absolute atomic E-state index is 0.0269. The Labute approximate surface area is 129 Å². The molecule has 1 aromatic carbocycles. The van der Waals surface area contributed by atoms with E-state index >= 15 is 0 Å².